The second-order valence-electron chi connectivity index (χ2n) is 3.94. The van der Waals surface area contributed by atoms with E-state index in [0.29, 0.717) is 12.1 Å². The van der Waals surface area contributed by atoms with Gasteiger partial charge in [-0.05, 0) is 24.6 Å². The van der Waals surface area contributed by atoms with Crippen molar-refractivity contribution in [2.24, 2.45) is 0 Å². The number of nitriles is 3. The maximum absolute atomic E-state index is 9.07. The molecule has 100 valence electrons. The van der Waals surface area contributed by atoms with Crippen LogP contribution in [0.5, 0.6) is 0 Å². The second-order valence-corrected chi connectivity index (χ2v) is 3.94. The Morgan fingerprint density at radius 1 is 1.10 bits per heavy atom. The Hall–Kier alpha value is -2.81. The topological polar surface area (TPSA) is 94.8 Å². The summed E-state index contributed by atoms with van der Waals surface area (Å²) in [6.45, 7) is 3.32. The second kappa shape index (κ2) is 7.59. The van der Waals surface area contributed by atoms with Gasteiger partial charge in [-0.1, -0.05) is 12.1 Å². The summed E-state index contributed by atoms with van der Waals surface area (Å²) >= 11 is 0. The van der Waals surface area contributed by atoms with Crippen LogP contribution in [0.2, 0.25) is 0 Å². The van der Waals surface area contributed by atoms with Crippen LogP contribution in [0.3, 0.4) is 0 Å². The highest BCUT2D eigenvalue weighted by Gasteiger charge is 2.10. The van der Waals surface area contributed by atoms with E-state index in [1.165, 1.54) is 0 Å². The van der Waals surface area contributed by atoms with Crippen LogP contribution < -0.4 is 4.90 Å². The van der Waals surface area contributed by atoms with E-state index in [4.69, 9.17) is 20.9 Å². The largest absolute Gasteiger partial charge is 0.395 e. The Kier molecular flexibility index (Phi) is 5.78. The SMILES string of the molecule is CCN(CCO)c1ccc(C(C#N)=C(C#N)C#N)cc1. The summed E-state index contributed by atoms with van der Waals surface area (Å²) in [5.41, 5.74) is 1.34. The van der Waals surface area contributed by atoms with Gasteiger partial charge in [-0.2, -0.15) is 15.8 Å². The van der Waals surface area contributed by atoms with Gasteiger partial charge in [0.25, 0.3) is 0 Å². The highest BCUT2D eigenvalue weighted by atomic mass is 16.3. The molecule has 0 bridgehead atoms. The van der Waals surface area contributed by atoms with Gasteiger partial charge < -0.3 is 10.0 Å². The summed E-state index contributed by atoms with van der Waals surface area (Å²) in [6, 6.07) is 12.3. The van der Waals surface area contributed by atoms with Gasteiger partial charge in [-0.25, -0.2) is 0 Å². The van der Waals surface area contributed by atoms with Crippen LogP contribution in [0.1, 0.15) is 12.5 Å². The summed E-state index contributed by atoms with van der Waals surface area (Å²) in [5.74, 6) is 0. The van der Waals surface area contributed by atoms with Gasteiger partial charge in [0.2, 0.25) is 0 Å². The molecule has 1 aromatic carbocycles. The van der Waals surface area contributed by atoms with Crippen molar-refractivity contribution in [3.8, 4) is 18.2 Å². The summed E-state index contributed by atoms with van der Waals surface area (Å²) < 4.78 is 0. The van der Waals surface area contributed by atoms with Crippen molar-refractivity contribution in [2.45, 2.75) is 6.92 Å². The molecule has 5 nitrogen and oxygen atoms in total. The Labute approximate surface area is 118 Å². The average molecular weight is 266 g/mol. The molecule has 0 radical (unpaired) electrons. The van der Waals surface area contributed by atoms with Crippen molar-refractivity contribution < 1.29 is 5.11 Å². The zero-order valence-electron chi connectivity index (χ0n) is 11.2. The van der Waals surface area contributed by atoms with Gasteiger partial charge in [0, 0.05) is 18.8 Å². The Balaban J connectivity index is 3.15. The highest BCUT2D eigenvalue weighted by Crippen LogP contribution is 2.21. The molecular weight excluding hydrogens is 252 g/mol. The molecule has 0 spiro atoms. The molecule has 1 aromatic rings. The van der Waals surface area contributed by atoms with Gasteiger partial charge in [0.05, 0.1) is 12.2 Å². The molecule has 0 aromatic heterocycles. The lowest BCUT2D eigenvalue weighted by Crippen LogP contribution is -2.25. The molecule has 0 aliphatic carbocycles. The fraction of sp³-hybridized carbons (Fsp3) is 0.267. The first-order chi connectivity index (χ1) is 9.71. The highest BCUT2D eigenvalue weighted by molar-refractivity contribution is 5.84. The molecule has 0 heterocycles. The van der Waals surface area contributed by atoms with Crippen LogP contribution in [-0.2, 0) is 0 Å². The first-order valence-corrected chi connectivity index (χ1v) is 6.12. The van der Waals surface area contributed by atoms with E-state index in [1.54, 1.807) is 36.4 Å². The van der Waals surface area contributed by atoms with Crippen LogP contribution in [-0.4, -0.2) is 24.8 Å². The van der Waals surface area contributed by atoms with Crippen LogP contribution in [0.4, 0.5) is 5.69 Å². The molecular formula is C15H14N4O. The van der Waals surface area contributed by atoms with E-state index in [1.807, 2.05) is 17.9 Å². The van der Waals surface area contributed by atoms with Gasteiger partial charge in [0.15, 0.2) is 0 Å². The zero-order chi connectivity index (χ0) is 15.0. The molecule has 0 atom stereocenters. The lowest BCUT2D eigenvalue weighted by molar-refractivity contribution is 0.302. The Morgan fingerprint density at radius 3 is 2.10 bits per heavy atom. The molecule has 1 N–H and O–H groups in total. The minimum atomic E-state index is -0.192. The molecule has 0 saturated heterocycles. The lowest BCUT2D eigenvalue weighted by atomic mass is 10.0. The summed E-state index contributed by atoms with van der Waals surface area (Å²) in [4.78, 5) is 1.98. The van der Waals surface area contributed by atoms with Crippen molar-refractivity contribution in [2.75, 3.05) is 24.6 Å². The van der Waals surface area contributed by atoms with Crippen LogP contribution in [0, 0.1) is 34.0 Å². The maximum atomic E-state index is 9.07. The van der Waals surface area contributed by atoms with Gasteiger partial charge in [-0.15, -0.1) is 0 Å². The number of aliphatic hydroxyl groups excluding tert-OH is 1. The summed E-state index contributed by atoms with van der Waals surface area (Å²) in [5, 5.41) is 35.7. The van der Waals surface area contributed by atoms with Crippen molar-refractivity contribution in [3.05, 3.63) is 35.4 Å². The van der Waals surface area contributed by atoms with Crippen LogP contribution in [0.25, 0.3) is 5.57 Å². The first kappa shape index (κ1) is 15.2. The first-order valence-electron chi connectivity index (χ1n) is 6.12. The normalized spacial score (nSPS) is 8.95. The molecule has 0 unspecified atom stereocenters. The fourth-order valence-electron chi connectivity index (χ4n) is 1.83. The third-order valence-corrected chi connectivity index (χ3v) is 2.86. The van der Waals surface area contributed by atoms with Crippen molar-refractivity contribution in [1.82, 2.24) is 0 Å². The van der Waals surface area contributed by atoms with Crippen molar-refractivity contribution in [1.29, 1.82) is 15.8 Å². The van der Waals surface area contributed by atoms with E-state index < -0.39 is 0 Å². The third kappa shape index (κ3) is 3.36. The van der Waals surface area contributed by atoms with E-state index in [2.05, 4.69) is 0 Å². The summed E-state index contributed by atoms with van der Waals surface area (Å²) in [7, 11) is 0. The minimum absolute atomic E-state index is 0.0615. The molecule has 0 fully saturated rings. The van der Waals surface area contributed by atoms with Gasteiger partial charge in [-0.3, -0.25) is 0 Å². The lowest BCUT2D eigenvalue weighted by Gasteiger charge is -2.22. The summed E-state index contributed by atoms with van der Waals surface area (Å²) in [6.07, 6.45) is 0. The van der Waals surface area contributed by atoms with Crippen LogP contribution in [0.15, 0.2) is 29.8 Å². The molecule has 0 saturated carbocycles. The number of rotatable bonds is 5. The number of nitrogens with zero attached hydrogens (tertiary/aromatic N) is 4. The van der Waals surface area contributed by atoms with E-state index in [0.717, 1.165) is 12.2 Å². The smallest absolute Gasteiger partial charge is 0.148 e. The van der Waals surface area contributed by atoms with E-state index in [-0.39, 0.29) is 17.8 Å². The molecule has 0 amide bonds. The standard InChI is InChI=1S/C15H14N4O/c1-2-19(7-8-20)14-5-3-12(4-6-14)15(11-18)13(9-16)10-17/h3-6,20H,2,7-8H2,1H3. The number of anilines is 1. The zero-order valence-corrected chi connectivity index (χ0v) is 11.2. The number of likely N-dealkylation sites (N-methyl/N-ethyl adjacent to an activating group) is 1. The Bertz CT molecular complexity index is 595. The molecule has 1 rings (SSSR count). The van der Waals surface area contributed by atoms with E-state index >= 15 is 0 Å². The Morgan fingerprint density at radius 2 is 1.70 bits per heavy atom. The maximum Gasteiger partial charge on any atom is 0.148 e. The quantitative estimate of drug-likeness (QED) is 0.820. The van der Waals surface area contributed by atoms with Gasteiger partial charge in [0.1, 0.15) is 23.8 Å². The molecule has 0 aliphatic heterocycles. The predicted molar refractivity (Wildman–Crippen MR) is 75.2 cm³/mol. The van der Waals surface area contributed by atoms with Crippen molar-refractivity contribution >= 4 is 11.3 Å². The number of hydrogen-bond acceptors (Lipinski definition) is 5. The van der Waals surface area contributed by atoms with Crippen LogP contribution >= 0.6 is 0 Å². The van der Waals surface area contributed by atoms with Gasteiger partial charge >= 0.3 is 0 Å². The number of hydrogen-bond donors (Lipinski definition) is 1. The predicted octanol–water partition coefficient (Wildman–Crippen LogP) is 1.83. The van der Waals surface area contributed by atoms with E-state index in [9.17, 15) is 0 Å². The number of benzene rings is 1. The number of allylic oxidation sites excluding steroid dienone is 2. The monoisotopic (exact) mass is 266 g/mol. The minimum Gasteiger partial charge on any atom is -0.395 e. The fourth-order valence-corrected chi connectivity index (χ4v) is 1.83. The third-order valence-electron chi connectivity index (χ3n) is 2.86. The average Bonchev–Trinajstić information content (AvgIpc) is 2.50. The molecule has 20 heavy (non-hydrogen) atoms. The molecule has 5 heteroatoms. The number of aliphatic hydroxyl groups is 1. The van der Waals surface area contributed by atoms with Crippen molar-refractivity contribution in [3.63, 3.8) is 0 Å². The molecule has 0 aliphatic rings.